The molecule has 0 saturated carbocycles. The fourth-order valence-electron chi connectivity index (χ4n) is 1.41. The summed E-state index contributed by atoms with van der Waals surface area (Å²) in [5, 5.41) is 30.6. The standard InChI is InChI=1S/C10H13BrN2O4/c11-4-3-9(14)10(15)7-5-6(13(16)17)1-2-8(7)12/h1-2,5,9-10,14-15H,3-4,12H2. The Hall–Kier alpha value is -1.18. The highest BCUT2D eigenvalue weighted by Crippen LogP contribution is 2.28. The number of aliphatic hydroxyl groups is 2. The van der Waals surface area contributed by atoms with E-state index in [4.69, 9.17) is 5.73 Å². The minimum absolute atomic E-state index is 0.167. The molecular formula is C10H13BrN2O4. The second-order valence-corrected chi connectivity index (χ2v) is 4.35. The monoisotopic (exact) mass is 304 g/mol. The van der Waals surface area contributed by atoms with Crippen LogP contribution >= 0.6 is 15.9 Å². The van der Waals surface area contributed by atoms with Crippen molar-refractivity contribution >= 4 is 27.3 Å². The van der Waals surface area contributed by atoms with E-state index in [0.717, 1.165) is 0 Å². The summed E-state index contributed by atoms with van der Waals surface area (Å²) in [6, 6.07) is 3.78. The van der Waals surface area contributed by atoms with Crippen molar-refractivity contribution in [2.45, 2.75) is 18.6 Å². The number of aliphatic hydroxyl groups excluding tert-OH is 2. The molecule has 0 radical (unpaired) electrons. The number of nitrogens with zero attached hydrogens (tertiary/aromatic N) is 1. The molecule has 7 heteroatoms. The number of nitro benzene ring substituents is 1. The quantitative estimate of drug-likeness (QED) is 0.329. The molecule has 1 rings (SSSR count). The second kappa shape index (κ2) is 5.95. The second-order valence-electron chi connectivity index (χ2n) is 3.56. The van der Waals surface area contributed by atoms with Gasteiger partial charge < -0.3 is 15.9 Å². The normalized spacial score (nSPS) is 14.3. The van der Waals surface area contributed by atoms with Gasteiger partial charge in [0.15, 0.2) is 0 Å². The largest absolute Gasteiger partial charge is 0.398 e. The molecule has 0 bridgehead atoms. The molecule has 0 saturated heterocycles. The zero-order valence-electron chi connectivity index (χ0n) is 8.91. The van der Waals surface area contributed by atoms with Gasteiger partial charge in [-0.05, 0) is 12.5 Å². The molecule has 0 fully saturated rings. The molecule has 0 aliphatic heterocycles. The Labute approximate surface area is 106 Å². The van der Waals surface area contributed by atoms with Gasteiger partial charge in [0.05, 0.1) is 11.0 Å². The van der Waals surface area contributed by atoms with Gasteiger partial charge in [-0.1, -0.05) is 15.9 Å². The van der Waals surface area contributed by atoms with Crippen LogP contribution in [0.15, 0.2) is 18.2 Å². The molecule has 1 aromatic rings. The molecule has 0 heterocycles. The third-order valence-corrected chi connectivity index (χ3v) is 2.83. The highest BCUT2D eigenvalue weighted by atomic mass is 79.9. The van der Waals surface area contributed by atoms with Crippen LogP contribution in [0.1, 0.15) is 18.1 Å². The predicted octanol–water partition coefficient (Wildman–Crippen LogP) is 1.36. The predicted molar refractivity (Wildman–Crippen MR) is 66.9 cm³/mol. The van der Waals surface area contributed by atoms with E-state index in [2.05, 4.69) is 15.9 Å². The minimum atomic E-state index is -1.23. The van der Waals surface area contributed by atoms with E-state index in [9.17, 15) is 20.3 Å². The van der Waals surface area contributed by atoms with Gasteiger partial charge in [-0.25, -0.2) is 0 Å². The molecule has 2 atom stereocenters. The summed E-state index contributed by atoms with van der Waals surface area (Å²) >= 11 is 3.14. The summed E-state index contributed by atoms with van der Waals surface area (Å²) in [4.78, 5) is 10.0. The number of nitrogen functional groups attached to an aromatic ring is 1. The van der Waals surface area contributed by atoms with Crippen molar-refractivity contribution in [1.82, 2.24) is 0 Å². The molecule has 6 nitrogen and oxygen atoms in total. The molecular weight excluding hydrogens is 292 g/mol. The molecule has 0 spiro atoms. The summed E-state index contributed by atoms with van der Waals surface area (Å²) in [6.07, 6.45) is -1.92. The van der Waals surface area contributed by atoms with Crippen LogP contribution < -0.4 is 5.73 Å². The topological polar surface area (TPSA) is 110 Å². The first-order chi connectivity index (χ1) is 7.97. The highest BCUT2D eigenvalue weighted by Gasteiger charge is 2.22. The minimum Gasteiger partial charge on any atom is -0.398 e. The Morgan fingerprint density at radius 3 is 2.65 bits per heavy atom. The lowest BCUT2D eigenvalue weighted by Gasteiger charge is -2.18. The van der Waals surface area contributed by atoms with Gasteiger partial charge in [0.1, 0.15) is 6.10 Å². The van der Waals surface area contributed by atoms with Crippen molar-refractivity contribution in [2.24, 2.45) is 0 Å². The zero-order valence-corrected chi connectivity index (χ0v) is 10.5. The van der Waals surface area contributed by atoms with Crippen LogP contribution in [0.5, 0.6) is 0 Å². The number of hydrogen-bond donors (Lipinski definition) is 3. The van der Waals surface area contributed by atoms with Gasteiger partial charge in [0, 0.05) is 28.7 Å². The van der Waals surface area contributed by atoms with Gasteiger partial charge in [-0.2, -0.15) is 0 Å². The Kier molecular flexibility index (Phi) is 4.86. The summed E-state index contributed by atoms with van der Waals surface area (Å²) in [6.45, 7) is 0. The van der Waals surface area contributed by atoms with E-state index >= 15 is 0 Å². The number of halogens is 1. The summed E-state index contributed by atoms with van der Waals surface area (Å²) < 4.78 is 0. The Morgan fingerprint density at radius 2 is 2.12 bits per heavy atom. The lowest BCUT2D eigenvalue weighted by molar-refractivity contribution is -0.385. The van der Waals surface area contributed by atoms with Crippen LogP contribution in [0.4, 0.5) is 11.4 Å². The Morgan fingerprint density at radius 1 is 1.47 bits per heavy atom. The van der Waals surface area contributed by atoms with Crippen LogP contribution in [0.25, 0.3) is 0 Å². The van der Waals surface area contributed by atoms with Crippen molar-refractivity contribution in [3.05, 3.63) is 33.9 Å². The van der Waals surface area contributed by atoms with Crippen molar-refractivity contribution < 1.29 is 15.1 Å². The fraction of sp³-hybridized carbons (Fsp3) is 0.400. The van der Waals surface area contributed by atoms with Gasteiger partial charge in [-0.15, -0.1) is 0 Å². The molecule has 0 aromatic heterocycles. The van der Waals surface area contributed by atoms with E-state index in [1.807, 2.05) is 0 Å². The maximum atomic E-state index is 10.6. The van der Waals surface area contributed by atoms with E-state index in [1.165, 1.54) is 18.2 Å². The van der Waals surface area contributed by atoms with Crippen molar-refractivity contribution in [2.75, 3.05) is 11.1 Å². The molecule has 94 valence electrons. The number of nitrogens with two attached hydrogens (primary N) is 1. The number of hydrogen-bond acceptors (Lipinski definition) is 5. The lowest BCUT2D eigenvalue weighted by Crippen LogP contribution is -2.19. The first-order valence-corrected chi connectivity index (χ1v) is 6.05. The number of nitro groups is 1. The number of rotatable bonds is 5. The molecule has 4 N–H and O–H groups in total. The van der Waals surface area contributed by atoms with Crippen LogP contribution in [0.2, 0.25) is 0 Å². The maximum absolute atomic E-state index is 10.6. The van der Waals surface area contributed by atoms with Crippen LogP contribution in [-0.4, -0.2) is 26.6 Å². The fourth-order valence-corrected chi connectivity index (χ4v) is 1.88. The molecule has 1 aromatic carbocycles. The summed E-state index contributed by atoms with van der Waals surface area (Å²) in [7, 11) is 0. The van der Waals surface area contributed by atoms with Crippen LogP contribution in [-0.2, 0) is 0 Å². The van der Waals surface area contributed by atoms with Crippen LogP contribution in [0.3, 0.4) is 0 Å². The Bertz CT molecular complexity index is 413. The molecule has 0 aliphatic rings. The van der Waals surface area contributed by atoms with Crippen LogP contribution in [0, 0.1) is 10.1 Å². The van der Waals surface area contributed by atoms with E-state index in [0.29, 0.717) is 11.8 Å². The average molecular weight is 305 g/mol. The van der Waals surface area contributed by atoms with E-state index < -0.39 is 17.1 Å². The lowest BCUT2D eigenvalue weighted by atomic mass is 10.0. The van der Waals surface area contributed by atoms with Gasteiger partial charge in [-0.3, -0.25) is 10.1 Å². The molecule has 2 unspecified atom stereocenters. The van der Waals surface area contributed by atoms with Crippen molar-refractivity contribution in [3.63, 3.8) is 0 Å². The van der Waals surface area contributed by atoms with E-state index in [-0.39, 0.29) is 16.9 Å². The molecule has 0 amide bonds. The maximum Gasteiger partial charge on any atom is 0.269 e. The third kappa shape index (κ3) is 3.39. The molecule has 17 heavy (non-hydrogen) atoms. The van der Waals surface area contributed by atoms with E-state index in [1.54, 1.807) is 0 Å². The van der Waals surface area contributed by atoms with Gasteiger partial charge in [0.2, 0.25) is 0 Å². The number of alkyl halides is 1. The smallest absolute Gasteiger partial charge is 0.269 e. The van der Waals surface area contributed by atoms with Gasteiger partial charge in [0.25, 0.3) is 5.69 Å². The number of non-ortho nitro benzene ring substituents is 1. The van der Waals surface area contributed by atoms with Crippen molar-refractivity contribution in [1.29, 1.82) is 0 Å². The summed E-state index contributed by atoms with van der Waals surface area (Å²) in [5.74, 6) is 0. The summed E-state index contributed by atoms with van der Waals surface area (Å²) in [5.41, 5.74) is 5.84. The first-order valence-electron chi connectivity index (χ1n) is 4.93. The Balaban J connectivity index is 3.03. The SMILES string of the molecule is Nc1ccc([N+](=O)[O-])cc1C(O)C(O)CCBr. The number of benzene rings is 1. The molecule has 0 aliphatic carbocycles. The average Bonchev–Trinajstić information content (AvgIpc) is 2.28. The third-order valence-electron chi connectivity index (χ3n) is 2.37. The first kappa shape index (κ1) is 13.9. The highest BCUT2D eigenvalue weighted by molar-refractivity contribution is 9.09. The number of anilines is 1. The van der Waals surface area contributed by atoms with Gasteiger partial charge >= 0.3 is 0 Å². The van der Waals surface area contributed by atoms with Crippen molar-refractivity contribution in [3.8, 4) is 0 Å². The zero-order chi connectivity index (χ0) is 13.0.